The maximum Gasteiger partial charge on any atom is 0.258 e. The van der Waals surface area contributed by atoms with E-state index in [1.165, 1.54) is 33.6 Å². The van der Waals surface area contributed by atoms with Gasteiger partial charge in [0.2, 0.25) is 11.8 Å². The highest BCUT2D eigenvalue weighted by molar-refractivity contribution is 7.99. The van der Waals surface area contributed by atoms with Crippen LogP contribution in [0.3, 0.4) is 0 Å². The van der Waals surface area contributed by atoms with Gasteiger partial charge in [-0.05, 0) is 12.1 Å². The van der Waals surface area contributed by atoms with Crippen LogP contribution in [-0.4, -0.2) is 46.4 Å². The number of thioether (sulfide) groups is 1. The molecule has 3 aromatic rings. The Labute approximate surface area is 163 Å². The van der Waals surface area contributed by atoms with Gasteiger partial charge in [0.15, 0.2) is 4.96 Å². The zero-order chi connectivity index (χ0) is 19.1. The molecule has 0 saturated carbocycles. The second-order valence-corrected chi connectivity index (χ2v) is 7.24. The summed E-state index contributed by atoms with van der Waals surface area (Å²) in [7, 11) is 1.58. The van der Waals surface area contributed by atoms with Crippen LogP contribution in [0.15, 0.2) is 40.8 Å². The van der Waals surface area contributed by atoms with Crippen molar-refractivity contribution in [3.05, 3.63) is 52.0 Å². The Bertz CT molecular complexity index is 973. The fourth-order valence-electron chi connectivity index (χ4n) is 2.22. The molecule has 3 heterocycles. The van der Waals surface area contributed by atoms with Gasteiger partial charge in [0.1, 0.15) is 12.3 Å². The third-order valence-corrected chi connectivity index (χ3v) is 5.13. The Morgan fingerprint density at radius 3 is 3.15 bits per heavy atom. The lowest BCUT2D eigenvalue weighted by Crippen LogP contribution is -2.16. The van der Waals surface area contributed by atoms with Crippen LogP contribution in [0.2, 0.25) is 0 Å². The molecule has 0 radical (unpaired) electrons. The van der Waals surface area contributed by atoms with Crippen LogP contribution in [0.25, 0.3) is 4.96 Å². The molecule has 0 spiro atoms. The minimum Gasteiger partial charge on any atom is -0.474 e. The number of rotatable bonds is 9. The molecule has 0 saturated heterocycles. The molecule has 0 fully saturated rings. The van der Waals surface area contributed by atoms with Crippen LogP contribution < -0.4 is 15.6 Å². The van der Waals surface area contributed by atoms with Crippen LogP contribution >= 0.6 is 23.1 Å². The van der Waals surface area contributed by atoms with E-state index in [0.29, 0.717) is 41.2 Å². The molecule has 0 atom stereocenters. The van der Waals surface area contributed by atoms with Gasteiger partial charge in [0.05, 0.1) is 18.1 Å². The van der Waals surface area contributed by atoms with Crippen LogP contribution in [0.1, 0.15) is 5.69 Å². The van der Waals surface area contributed by atoms with Gasteiger partial charge in [-0.15, -0.1) is 23.1 Å². The van der Waals surface area contributed by atoms with Crippen molar-refractivity contribution in [2.75, 3.05) is 31.4 Å². The molecule has 0 aliphatic heterocycles. The van der Waals surface area contributed by atoms with Crippen molar-refractivity contribution in [1.82, 2.24) is 14.4 Å². The molecule has 8 nitrogen and oxygen atoms in total. The van der Waals surface area contributed by atoms with E-state index >= 15 is 0 Å². The summed E-state index contributed by atoms with van der Waals surface area (Å²) < 4.78 is 11.9. The number of pyridine rings is 1. The third-order valence-electron chi connectivity index (χ3n) is 3.41. The number of carbonyl (C=O) groups is 1. The first-order valence-corrected chi connectivity index (χ1v) is 10.1. The molecule has 10 heteroatoms. The lowest BCUT2D eigenvalue weighted by molar-refractivity contribution is -0.113. The second kappa shape index (κ2) is 9.49. The van der Waals surface area contributed by atoms with E-state index in [4.69, 9.17) is 9.47 Å². The van der Waals surface area contributed by atoms with E-state index in [2.05, 4.69) is 15.3 Å². The lowest BCUT2D eigenvalue weighted by Gasteiger charge is -2.10. The Morgan fingerprint density at radius 1 is 1.41 bits per heavy atom. The Kier molecular flexibility index (Phi) is 6.80. The van der Waals surface area contributed by atoms with E-state index in [-0.39, 0.29) is 17.2 Å². The molecular formula is C17H18N4O4S2. The van der Waals surface area contributed by atoms with Crippen molar-refractivity contribution in [2.45, 2.75) is 5.75 Å². The number of anilines is 1. The molecule has 142 valence electrons. The van der Waals surface area contributed by atoms with Gasteiger partial charge >= 0.3 is 0 Å². The number of ether oxygens (including phenoxy) is 2. The molecule has 1 amide bonds. The number of hydrogen-bond donors (Lipinski definition) is 1. The molecule has 1 N–H and O–H groups in total. The van der Waals surface area contributed by atoms with Gasteiger partial charge in [-0.25, -0.2) is 9.97 Å². The summed E-state index contributed by atoms with van der Waals surface area (Å²) >= 11 is 2.78. The smallest absolute Gasteiger partial charge is 0.258 e. The van der Waals surface area contributed by atoms with Gasteiger partial charge in [0, 0.05) is 36.7 Å². The van der Waals surface area contributed by atoms with E-state index < -0.39 is 0 Å². The summed E-state index contributed by atoms with van der Waals surface area (Å²) in [4.78, 5) is 33.3. The van der Waals surface area contributed by atoms with Gasteiger partial charge in [-0.1, -0.05) is 0 Å². The van der Waals surface area contributed by atoms with Crippen molar-refractivity contribution >= 4 is 39.7 Å². The van der Waals surface area contributed by atoms with Crippen molar-refractivity contribution < 1.29 is 14.3 Å². The van der Waals surface area contributed by atoms with E-state index in [0.717, 1.165) is 0 Å². The summed E-state index contributed by atoms with van der Waals surface area (Å²) in [6.45, 7) is 0.777. The Morgan fingerprint density at radius 2 is 2.30 bits per heavy atom. The molecule has 27 heavy (non-hydrogen) atoms. The van der Waals surface area contributed by atoms with Gasteiger partial charge < -0.3 is 14.8 Å². The van der Waals surface area contributed by atoms with Crippen LogP contribution in [0.5, 0.6) is 5.88 Å². The van der Waals surface area contributed by atoms with Gasteiger partial charge in [-0.3, -0.25) is 14.0 Å². The maximum atomic E-state index is 12.2. The zero-order valence-corrected chi connectivity index (χ0v) is 16.2. The third kappa shape index (κ3) is 5.28. The molecule has 3 rings (SSSR count). The summed E-state index contributed by atoms with van der Waals surface area (Å²) in [6.07, 6.45) is 3.29. The standard InChI is InChI=1S/C17H18N4O4S2/c1-24-6-7-25-16-13(3-2-4-18-16)20-14(22)11-26-10-12-9-15(23)21-5-8-27-17(21)19-12/h2-5,8-9H,6-7,10-11H2,1H3,(H,20,22). The molecule has 0 aliphatic carbocycles. The lowest BCUT2D eigenvalue weighted by atomic mass is 10.4. The topological polar surface area (TPSA) is 94.8 Å². The fourth-order valence-corrected chi connectivity index (χ4v) is 3.67. The summed E-state index contributed by atoms with van der Waals surface area (Å²) in [5, 5.41) is 4.60. The number of hydrogen-bond acceptors (Lipinski definition) is 8. The number of nitrogens with zero attached hydrogens (tertiary/aromatic N) is 3. The van der Waals surface area contributed by atoms with Crippen LogP contribution in [0, 0.1) is 0 Å². The molecule has 0 aromatic carbocycles. The quantitative estimate of drug-likeness (QED) is 0.544. The second-order valence-electron chi connectivity index (χ2n) is 5.38. The largest absolute Gasteiger partial charge is 0.474 e. The SMILES string of the molecule is COCCOc1ncccc1NC(=O)CSCc1cc(=O)n2ccsc2n1. The monoisotopic (exact) mass is 406 g/mol. The van der Waals surface area contributed by atoms with Gasteiger partial charge in [-0.2, -0.15) is 0 Å². The first-order valence-electron chi connectivity index (χ1n) is 8.07. The number of nitrogens with one attached hydrogen (secondary N) is 1. The minimum atomic E-state index is -0.182. The highest BCUT2D eigenvalue weighted by Crippen LogP contribution is 2.21. The average molecular weight is 406 g/mol. The predicted octanol–water partition coefficient (Wildman–Crippen LogP) is 2.05. The maximum absolute atomic E-state index is 12.2. The van der Waals surface area contributed by atoms with Crippen molar-refractivity contribution in [3.8, 4) is 5.88 Å². The number of thiazole rings is 1. The fraction of sp³-hybridized carbons (Fsp3) is 0.294. The van der Waals surface area contributed by atoms with E-state index in [1.54, 1.807) is 31.6 Å². The molecule has 0 unspecified atom stereocenters. The van der Waals surface area contributed by atoms with Crippen LogP contribution in [0.4, 0.5) is 5.69 Å². The number of methoxy groups -OCH3 is 1. The summed E-state index contributed by atoms with van der Waals surface area (Å²) in [6, 6.07) is 4.94. The number of aromatic nitrogens is 3. The normalized spacial score (nSPS) is 10.9. The Hall–Kier alpha value is -2.43. The summed E-state index contributed by atoms with van der Waals surface area (Å²) in [5.74, 6) is 0.864. The van der Waals surface area contributed by atoms with Crippen LogP contribution in [-0.2, 0) is 15.3 Å². The number of amides is 1. The van der Waals surface area contributed by atoms with Crippen molar-refractivity contribution in [1.29, 1.82) is 0 Å². The molecule has 0 bridgehead atoms. The van der Waals surface area contributed by atoms with E-state index in [1.807, 2.05) is 5.38 Å². The van der Waals surface area contributed by atoms with Crippen molar-refractivity contribution in [3.63, 3.8) is 0 Å². The summed E-state index contributed by atoms with van der Waals surface area (Å²) in [5.41, 5.74) is 1.05. The average Bonchev–Trinajstić information content (AvgIpc) is 3.12. The number of fused-ring (bicyclic) bond motifs is 1. The minimum absolute atomic E-state index is 0.116. The predicted molar refractivity (Wildman–Crippen MR) is 106 cm³/mol. The number of carbonyl (C=O) groups excluding carboxylic acids is 1. The molecule has 0 aliphatic rings. The first-order chi connectivity index (χ1) is 13.2. The Balaban J connectivity index is 1.53. The molecule has 3 aromatic heterocycles. The highest BCUT2D eigenvalue weighted by Gasteiger charge is 2.10. The van der Waals surface area contributed by atoms with Gasteiger partial charge in [0.25, 0.3) is 5.56 Å². The molecular weight excluding hydrogens is 388 g/mol. The zero-order valence-electron chi connectivity index (χ0n) is 14.6. The first kappa shape index (κ1) is 19.3. The van der Waals surface area contributed by atoms with E-state index in [9.17, 15) is 9.59 Å². The highest BCUT2D eigenvalue weighted by atomic mass is 32.2. The van der Waals surface area contributed by atoms with Crippen molar-refractivity contribution in [2.24, 2.45) is 0 Å².